The number of sulfone groups is 1. The maximum atomic E-state index is 12.3. The van der Waals surface area contributed by atoms with Gasteiger partial charge >= 0.3 is 5.97 Å². The molecule has 0 saturated carbocycles. The minimum Gasteiger partial charge on any atom is -0.421 e. The van der Waals surface area contributed by atoms with Crippen molar-refractivity contribution in [1.82, 2.24) is 10.2 Å². The number of aromatic nitrogens is 2. The van der Waals surface area contributed by atoms with Gasteiger partial charge in [0, 0.05) is 6.26 Å². The zero-order valence-electron chi connectivity index (χ0n) is 15.5. The summed E-state index contributed by atoms with van der Waals surface area (Å²) in [5.74, 6) is -0.995. The molecule has 31 heavy (non-hydrogen) atoms. The van der Waals surface area contributed by atoms with Crippen molar-refractivity contribution in [3.63, 3.8) is 0 Å². The monoisotopic (exact) mass is 538 g/mol. The molecule has 0 aliphatic rings. The van der Waals surface area contributed by atoms with Gasteiger partial charge < -0.3 is 4.74 Å². The van der Waals surface area contributed by atoms with E-state index >= 15 is 0 Å². The van der Waals surface area contributed by atoms with Crippen molar-refractivity contribution in [3.8, 4) is 11.8 Å². The zero-order valence-corrected chi connectivity index (χ0v) is 19.6. The first-order valence-corrected chi connectivity index (χ1v) is 12.6. The molecule has 0 fully saturated rings. The van der Waals surface area contributed by atoms with Crippen LogP contribution < -0.4 is 10.1 Å². The Balaban J connectivity index is 1.75. The fourth-order valence-corrected chi connectivity index (χ4v) is 4.70. The Morgan fingerprint density at radius 1 is 1.29 bits per heavy atom. The third-order valence-corrected chi connectivity index (χ3v) is 7.48. The van der Waals surface area contributed by atoms with Crippen LogP contribution in [0.25, 0.3) is 6.08 Å². The maximum Gasteiger partial charge on any atom is 0.353 e. The second-order valence-electron chi connectivity index (χ2n) is 5.83. The van der Waals surface area contributed by atoms with Gasteiger partial charge in [0.05, 0.1) is 4.47 Å². The number of ether oxygens (including phenoxy) is 1. The smallest absolute Gasteiger partial charge is 0.353 e. The van der Waals surface area contributed by atoms with Crippen molar-refractivity contribution in [1.29, 1.82) is 5.26 Å². The molecule has 1 aromatic carbocycles. The van der Waals surface area contributed by atoms with Crippen molar-refractivity contribution in [2.75, 3.05) is 11.6 Å². The lowest BCUT2D eigenvalue weighted by atomic mass is 10.1. The molecule has 0 saturated heterocycles. The second kappa shape index (κ2) is 9.48. The van der Waals surface area contributed by atoms with Gasteiger partial charge in [-0.25, -0.2) is 13.2 Å². The molecule has 9 nitrogen and oxygen atoms in total. The van der Waals surface area contributed by atoms with Gasteiger partial charge in [0.2, 0.25) is 19.3 Å². The van der Waals surface area contributed by atoms with E-state index in [0.717, 1.165) is 6.26 Å². The fraction of sp³-hybridized carbons (Fsp3) is 0.0556. The van der Waals surface area contributed by atoms with E-state index in [0.29, 0.717) is 26.3 Å². The van der Waals surface area contributed by atoms with Crippen LogP contribution in [0.3, 0.4) is 0 Å². The van der Waals surface area contributed by atoms with Crippen molar-refractivity contribution in [3.05, 3.63) is 56.2 Å². The standard InChI is InChI=1S/C18H11BrN4O5S3/c1-31(26,27)18-23-22-17(30-18)21-15(24)11(9-20)7-10-4-5-13(12(19)8-10)28-16(25)14-3-2-6-29-14/h2-8H,1H3,(H,21,22,24). The van der Waals surface area contributed by atoms with E-state index in [4.69, 9.17) is 4.74 Å². The lowest BCUT2D eigenvalue weighted by molar-refractivity contribution is -0.112. The van der Waals surface area contributed by atoms with E-state index in [1.54, 1.807) is 35.7 Å². The number of carbonyl (C=O) groups is 2. The zero-order chi connectivity index (χ0) is 22.6. The number of nitrogens with one attached hydrogen (secondary N) is 1. The lowest BCUT2D eigenvalue weighted by Gasteiger charge is -2.06. The molecule has 0 unspecified atom stereocenters. The number of anilines is 1. The minimum atomic E-state index is -3.55. The molecule has 0 radical (unpaired) electrons. The molecule has 2 aromatic heterocycles. The molecule has 1 N–H and O–H groups in total. The Morgan fingerprint density at radius 3 is 2.65 bits per heavy atom. The third-order valence-electron chi connectivity index (χ3n) is 3.50. The number of carbonyl (C=O) groups excluding carboxylic acids is 2. The number of benzene rings is 1. The van der Waals surface area contributed by atoms with E-state index in [9.17, 15) is 23.3 Å². The van der Waals surface area contributed by atoms with Gasteiger partial charge in [-0.1, -0.05) is 23.5 Å². The van der Waals surface area contributed by atoms with Crippen molar-refractivity contribution < 1.29 is 22.7 Å². The van der Waals surface area contributed by atoms with E-state index < -0.39 is 21.7 Å². The van der Waals surface area contributed by atoms with Crippen LogP contribution in [0.15, 0.2) is 50.1 Å². The van der Waals surface area contributed by atoms with Crippen LogP contribution in [-0.4, -0.2) is 36.7 Å². The number of amides is 1. The van der Waals surface area contributed by atoms with Gasteiger partial charge in [0.25, 0.3) is 5.91 Å². The Hall–Kier alpha value is -2.92. The summed E-state index contributed by atoms with van der Waals surface area (Å²) < 4.78 is 28.4. The molecule has 0 aliphatic carbocycles. The summed E-state index contributed by atoms with van der Waals surface area (Å²) in [5, 5.41) is 20.5. The Labute approximate surface area is 193 Å². The summed E-state index contributed by atoms with van der Waals surface area (Å²) >= 11 is 5.24. The van der Waals surface area contributed by atoms with Crippen LogP contribution in [0.1, 0.15) is 15.2 Å². The number of esters is 1. The van der Waals surface area contributed by atoms with Gasteiger partial charge in [-0.2, -0.15) is 5.26 Å². The first-order chi connectivity index (χ1) is 14.7. The van der Waals surface area contributed by atoms with Gasteiger partial charge in [0.15, 0.2) is 0 Å². The predicted octanol–water partition coefficient (Wildman–Crippen LogP) is 3.53. The predicted molar refractivity (Wildman–Crippen MR) is 119 cm³/mol. The maximum absolute atomic E-state index is 12.3. The summed E-state index contributed by atoms with van der Waals surface area (Å²) in [6.45, 7) is 0. The second-order valence-corrected chi connectivity index (χ2v) is 10.8. The van der Waals surface area contributed by atoms with Crippen LogP contribution in [-0.2, 0) is 14.6 Å². The average molecular weight is 539 g/mol. The number of thiophene rings is 1. The van der Waals surface area contributed by atoms with Crippen LogP contribution in [0.4, 0.5) is 5.13 Å². The van der Waals surface area contributed by atoms with Gasteiger partial charge in [-0.05, 0) is 51.1 Å². The Kier molecular flexibility index (Phi) is 6.96. The van der Waals surface area contributed by atoms with Crippen LogP contribution in [0, 0.1) is 11.3 Å². The summed E-state index contributed by atoms with van der Waals surface area (Å²) in [7, 11) is -3.55. The van der Waals surface area contributed by atoms with E-state index in [1.165, 1.54) is 23.5 Å². The summed E-state index contributed by atoms with van der Waals surface area (Å²) in [6.07, 6.45) is 2.29. The van der Waals surface area contributed by atoms with Crippen LogP contribution >= 0.6 is 38.6 Å². The van der Waals surface area contributed by atoms with Gasteiger partial charge in [0.1, 0.15) is 22.3 Å². The first-order valence-electron chi connectivity index (χ1n) is 8.19. The Bertz CT molecular complexity index is 1320. The first kappa shape index (κ1) is 22.8. The Morgan fingerprint density at radius 2 is 2.06 bits per heavy atom. The van der Waals surface area contributed by atoms with E-state index in [2.05, 4.69) is 31.4 Å². The van der Waals surface area contributed by atoms with E-state index in [-0.39, 0.29) is 20.8 Å². The quantitative estimate of drug-likeness (QED) is 0.165. The van der Waals surface area contributed by atoms with Gasteiger partial charge in [-0.15, -0.1) is 21.5 Å². The number of halogens is 1. The molecule has 0 atom stereocenters. The van der Waals surface area contributed by atoms with Crippen LogP contribution in [0.5, 0.6) is 5.75 Å². The van der Waals surface area contributed by atoms with Crippen LogP contribution in [0.2, 0.25) is 0 Å². The third kappa shape index (κ3) is 5.82. The molecule has 0 spiro atoms. The highest BCUT2D eigenvalue weighted by atomic mass is 79.9. The van der Waals surface area contributed by atoms with Gasteiger partial charge in [-0.3, -0.25) is 10.1 Å². The molecule has 3 rings (SSSR count). The summed E-state index contributed by atoms with van der Waals surface area (Å²) in [5.41, 5.74) is 0.245. The number of nitrogens with zero attached hydrogens (tertiary/aromatic N) is 3. The molecule has 13 heteroatoms. The highest BCUT2D eigenvalue weighted by molar-refractivity contribution is 9.10. The number of nitriles is 1. The molecule has 2 heterocycles. The molecular formula is C18H11BrN4O5S3. The largest absolute Gasteiger partial charge is 0.421 e. The number of hydrogen-bond donors (Lipinski definition) is 1. The molecule has 1 amide bonds. The number of hydrogen-bond acceptors (Lipinski definition) is 10. The molecule has 3 aromatic rings. The molecular weight excluding hydrogens is 528 g/mol. The molecule has 0 aliphatic heterocycles. The fourth-order valence-electron chi connectivity index (χ4n) is 2.12. The van der Waals surface area contributed by atoms with Crippen molar-refractivity contribution in [2.24, 2.45) is 0 Å². The number of rotatable bonds is 6. The highest BCUT2D eigenvalue weighted by Crippen LogP contribution is 2.28. The highest BCUT2D eigenvalue weighted by Gasteiger charge is 2.18. The van der Waals surface area contributed by atoms with Crippen molar-refractivity contribution in [2.45, 2.75) is 4.34 Å². The summed E-state index contributed by atoms with van der Waals surface area (Å²) in [6, 6.07) is 9.84. The SMILES string of the molecule is CS(=O)(=O)c1nnc(NC(=O)C(C#N)=Cc2ccc(OC(=O)c3cccs3)c(Br)c2)s1. The summed E-state index contributed by atoms with van der Waals surface area (Å²) in [4.78, 5) is 24.9. The lowest BCUT2D eigenvalue weighted by Crippen LogP contribution is -2.13. The molecule has 0 bridgehead atoms. The minimum absolute atomic E-state index is 0.0522. The molecule has 158 valence electrons. The average Bonchev–Trinajstić information content (AvgIpc) is 3.39. The van der Waals surface area contributed by atoms with Crippen molar-refractivity contribution >= 4 is 71.5 Å². The van der Waals surface area contributed by atoms with E-state index in [1.807, 2.05) is 0 Å². The topological polar surface area (TPSA) is 139 Å². The normalized spacial score (nSPS) is 11.6.